The van der Waals surface area contributed by atoms with Crippen molar-refractivity contribution >= 4 is 5.97 Å². The van der Waals surface area contributed by atoms with Crippen LogP contribution in [0.25, 0.3) is 0 Å². The van der Waals surface area contributed by atoms with E-state index in [0.29, 0.717) is 12.3 Å². The molecule has 0 aromatic heterocycles. The van der Waals surface area contributed by atoms with Gasteiger partial charge < -0.3 is 15.2 Å². The Morgan fingerprint density at radius 3 is 3.00 bits per heavy atom. The third kappa shape index (κ3) is 2.32. The first-order chi connectivity index (χ1) is 7.20. The summed E-state index contributed by atoms with van der Waals surface area (Å²) in [6, 6.07) is 0.256. The third-order valence-corrected chi connectivity index (χ3v) is 3.58. The van der Waals surface area contributed by atoms with Crippen molar-refractivity contribution in [2.75, 3.05) is 7.11 Å². The molecule has 4 atom stereocenters. The Kier molecular flexibility index (Phi) is 3.26. The molecular formula is C11H19NO3. The highest BCUT2D eigenvalue weighted by Crippen LogP contribution is 2.37. The van der Waals surface area contributed by atoms with E-state index in [4.69, 9.17) is 10.5 Å². The topological polar surface area (TPSA) is 61.5 Å². The van der Waals surface area contributed by atoms with Crippen molar-refractivity contribution < 1.29 is 14.3 Å². The minimum atomic E-state index is -0.188. The summed E-state index contributed by atoms with van der Waals surface area (Å²) in [4.78, 5) is 11.1. The van der Waals surface area contributed by atoms with Gasteiger partial charge >= 0.3 is 5.97 Å². The molecule has 0 unspecified atom stereocenters. The second kappa shape index (κ2) is 4.49. The average molecular weight is 213 g/mol. The molecule has 2 aliphatic rings. The highest BCUT2D eigenvalue weighted by molar-refractivity contribution is 5.69. The SMILES string of the molecule is COC(=O)C[C@@H]1C[C@@H]2[C@@H](N)CCC[C@H]2O1. The number of methoxy groups -OCH3 is 1. The van der Waals surface area contributed by atoms with Crippen LogP contribution in [0.15, 0.2) is 0 Å². The van der Waals surface area contributed by atoms with Gasteiger partial charge in [0, 0.05) is 12.0 Å². The maximum absolute atomic E-state index is 11.1. The fourth-order valence-electron chi connectivity index (χ4n) is 2.76. The quantitative estimate of drug-likeness (QED) is 0.690. The van der Waals surface area contributed by atoms with E-state index < -0.39 is 0 Å². The predicted octanol–water partition coefficient (Wildman–Crippen LogP) is 0.834. The van der Waals surface area contributed by atoms with Gasteiger partial charge in [-0.15, -0.1) is 0 Å². The van der Waals surface area contributed by atoms with Gasteiger partial charge in [0.25, 0.3) is 0 Å². The van der Waals surface area contributed by atoms with Crippen LogP contribution in [0.3, 0.4) is 0 Å². The van der Waals surface area contributed by atoms with Crippen LogP contribution in [-0.4, -0.2) is 31.3 Å². The summed E-state index contributed by atoms with van der Waals surface area (Å²) in [5.74, 6) is 0.264. The molecule has 1 saturated heterocycles. The van der Waals surface area contributed by atoms with Crippen molar-refractivity contribution in [3.8, 4) is 0 Å². The van der Waals surface area contributed by atoms with Crippen molar-refractivity contribution in [3.63, 3.8) is 0 Å². The molecule has 86 valence electrons. The molecule has 4 heteroatoms. The van der Waals surface area contributed by atoms with Crippen LogP contribution in [0.1, 0.15) is 32.1 Å². The Labute approximate surface area is 90.1 Å². The molecular weight excluding hydrogens is 194 g/mol. The fourth-order valence-corrected chi connectivity index (χ4v) is 2.76. The Balaban J connectivity index is 1.89. The number of nitrogens with two attached hydrogens (primary N) is 1. The van der Waals surface area contributed by atoms with Gasteiger partial charge in [0.05, 0.1) is 25.7 Å². The highest BCUT2D eigenvalue weighted by Gasteiger charge is 2.41. The van der Waals surface area contributed by atoms with Crippen LogP contribution in [0.2, 0.25) is 0 Å². The minimum absolute atomic E-state index is 0.0246. The Morgan fingerprint density at radius 2 is 2.33 bits per heavy atom. The van der Waals surface area contributed by atoms with Gasteiger partial charge in [0.15, 0.2) is 0 Å². The van der Waals surface area contributed by atoms with Crippen molar-refractivity contribution in [1.29, 1.82) is 0 Å². The van der Waals surface area contributed by atoms with Gasteiger partial charge in [-0.2, -0.15) is 0 Å². The summed E-state index contributed by atoms with van der Waals surface area (Å²) in [6.45, 7) is 0. The Bertz CT molecular complexity index is 244. The van der Waals surface area contributed by atoms with Crippen LogP contribution in [0.5, 0.6) is 0 Å². The number of hydrogen-bond acceptors (Lipinski definition) is 4. The van der Waals surface area contributed by atoms with E-state index in [1.165, 1.54) is 7.11 Å². The normalized spacial score (nSPS) is 39.9. The lowest BCUT2D eigenvalue weighted by Gasteiger charge is -2.29. The molecule has 4 nitrogen and oxygen atoms in total. The van der Waals surface area contributed by atoms with E-state index in [-0.39, 0.29) is 24.2 Å². The Hall–Kier alpha value is -0.610. The molecule has 2 rings (SSSR count). The third-order valence-electron chi connectivity index (χ3n) is 3.58. The molecule has 2 fully saturated rings. The first-order valence-electron chi connectivity index (χ1n) is 5.68. The van der Waals surface area contributed by atoms with E-state index in [9.17, 15) is 4.79 Å². The molecule has 0 aromatic carbocycles. The zero-order valence-electron chi connectivity index (χ0n) is 9.15. The van der Waals surface area contributed by atoms with Gasteiger partial charge in [-0.3, -0.25) is 4.79 Å². The lowest BCUT2D eigenvalue weighted by molar-refractivity contribution is -0.143. The van der Waals surface area contributed by atoms with Crippen LogP contribution in [0.4, 0.5) is 0 Å². The first-order valence-corrected chi connectivity index (χ1v) is 5.68. The molecule has 2 N–H and O–H groups in total. The number of hydrogen-bond donors (Lipinski definition) is 1. The van der Waals surface area contributed by atoms with E-state index in [1.54, 1.807) is 0 Å². The van der Waals surface area contributed by atoms with Crippen LogP contribution >= 0.6 is 0 Å². The lowest BCUT2D eigenvalue weighted by Crippen LogP contribution is -2.38. The molecule has 1 aliphatic carbocycles. The Morgan fingerprint density at radius 1 is 1.53 bits per heavy atom. The molecule has 1 heterocycles. The van der Waals surface area contributed by atoms with Crippen LogP contribution < -0.4 is 5.73 Å². The van der Waals surface area contributed by atoms with Gasteiger partial charge in [-0.05, 0) is 25.7 Å². The first kappa shape index (κ1) is 10.9. The molecule has 0 bridgehead atoms. The summed E-state index contributed by atoms with van der Waals surface area (Å²) in [6.07, 6.45) is 4.93. The van der Waals surface area contributed by atoms with Gasteiger partial charge in [-0.25, -0.2) is 0 Å². The van der Waals surface area contributed by atoms with Crippen molar-refractivity contribution in [2.45, 2.75) is 50.4 Å². The van der Waals surface area contributed by atoms with Crippen molar-refractivity contribution in [3.05, 3.63) is 0 Å². The lowest BCUT2D eigenvalue weighted by atomic mass is 9.81. The van der Waals surface area contributed by atoms with Crippen LogP contribution in [-0.2, 0) is 14.3 Å². The standard InChI is InChI=1S/C11H19NO3/c1-14-11(13)6-7-5-8-9(12)3-2-4-10(8)15-7/h7-10H,2-6,12H2,1H3/t7-,8+,9-,10+/m0/s1. The van der Waals surface area contributed by atoms with Crippen molar-refractivity contribution in [2.24, 2.45) is 11.7 Å². The largest absolute Gasteiger partial charge is 0.469 e. The molecule has 0 aromatic rings. The van der Waals surface area contributed by atoms with E-state index in [1.807, 2.05) is 0 Å². The number of fused-ring (bicyclic) bond motifs is 1. The molecule has 0 spiro atoms. The molecule has 0 amide bonds. The van der Waals surface area contributed by atoms with E-state index in [2.05, 4.69) is 4.74 Å². The summed E-state index contributed by atoms with van der Waals surface area (Å²) < 4.78 is 10.5. The number of esters is 1. The smallest absolute Gasteiger partial charge is 0.308 e. The summed E-state index contributed by atoms with van der Waals surface area (Å²) in [5, 5.41) is 0. The average Bonchev–Trinajstić information content (AvgIpc) is 2.62. The molecule has 0 radical (unpaired) electrons. The molecule has 15 heavy (non-hydrogen) atoms. The molecule has 1 saturated carbocycles. The second-order valence-electron chi connectivity index (χ2n) is 4.57. The summed E-state index contributed by atoms with van der Waals surface area (Å²) in [7, 11) is 1.41. The van der Waals surface area contributed by atoms with E-state index in [0.717, 1.165) is 25.7 Å². The van der Waals surface area contributed by atoms with Gasteiger partial charge in [-0.1, -0.05) is 0 Å². The van der Waals surface area contributed by atoms with Gasteiger partial charge in [0.2, 0.25) is 0 Å². The van der Waals surface area contributed by atoms with Gasteiger partial charge in [0.1, 0.15) is 0 Å². The summed E-state index contributed by atoms with van der Waals surface area (Å²) >= 11 is 0. The second-order valence-corrected chi connectivity index (χ2v) is 4.57. The number of ether oxygens (including phenoxy) is 2. The maximum atomic E-state index is 11.1. The highest BCUT2D eigenvalue weighted by atomic mass is 16.5. The number of carbonyl (C=O) groups is 1. The molecule has 1 aliphatic heterocycles. The van der Waals surface area contributed by atoms with Crippen LogP contribution in [0, 0.1) is 5.92 Å². The summed E-state index contributed by atoms with van der Waals surface area (Å²) in [5.41, 5.74) is 6.05. The fraction of sp³-hybridized carbons (Fsp3) is 0.909. The zero-order valence-corrected chi connectivity index (χ0v) is 9.15. The number of carbonyl (C=O) groups excluding carboxylic acids is 1. The monoisotopic (exact) mass is 213 g/mol. The maximum Gasteiger partial charge on any atom is 0.308 e. The minimum Gasteiger partial charge on any atom is -0.469 e. The predicted molar refractivity (Wildman–Crippen MR) is 55.2 cm³/mol. The zero-order chi connectivity index (χ0) is 10.8. The number of rotatable bonds is 2. The van der Waals surface area contributed by atoms with Crippen molar-refractivity contribution in [1.82, 2.24) is 0 Å². The van der Waals surface area contributed by atoms with E-state index >= 15 is 0 Å².